The van der Waals surface area contributed by atoms with Crippen molar-refractivity contribution >= 4 is 16.5 Å². The smallest absolute Gasteiger partial charge is 0.181 e. The number of nitriles is 1. The molecule has 0 bridgehead atoms. The Hall–Kier alpha value is -2.54. The van der Waals surface area contributed by atoms with Crippen molar-refractivity contribution in [3.8, 4) is 6.19 Å². The van der Waals surface area contributed by atoms with Gasteiger partial charge in [-0.1, -0.05) is 33.4 Å². The lowest BCUT2D eigenvalue weighted by Gasteiger charge is -2.32. The molecule has 0 saturated heterocycles. The molecule has 0 aliphatic heterocycles. The van der Waals surface area contributed by atoms with Gasteiger partial charge in [-0.25, -0.2) is 4.39 Å². The Labute approximate surface area is 161 Å². The van der Waals surface area contributed by atoms with Crippen LogP contribution in [-0.2, 0) is 13.0 Å². The summed E-state index contributed by atoms with van der Waals surface area (Å²) in [5.74, 6) is -0.192. The SMILES string of the molecule is C=C(CCCCCn1c2c(c3ccc(F)cc31)C(=C)CC(C)(C)C2)NC#N. The summed E-state index contributed by atoms with van der Waals surface area (Å²) in [4.78, 5) is 0. The van der Waals surface area contributed by atoms with Crippen LogP contribution in [0, 0.1) is 22.7 Å². The molecule has 0 radical (unpaired) electrons. The minimum Gasteiger partial charge on any atom is -0.344 e. The molecule has 1 heterocycles. The number of hydrogen-bond acceptors (Lipinski definition) is 2. The summed E-state index contributed by atoms with van der Waals surface area (Å²) in [5, 5.41) is 12.3. The van der Waals surface area contributed by atoms with Crippen molar-refractivity contribution in [2.24, 2.45) is 5.41 Å². The van der Waals surface area contributed by atoms with Crippen LogP contribution in [0.2, 0.25) is 0 Å². The van der Waals surface area contributed by atoms with Crippen LogP contribution in [0.4, 0.5) is 4.39 Å². The number of rotatable bonds is 7. The molecule has 4 heteroatoms. The molecule has 1 aliphatic carbocycles. The van der Waals surface area contributed by atoms with E-state index in [0.717, 1.165) is 67.2 Å². The summed E-state index contributed by atoms with van der Waals surface area (Å²) in [6.07, 6.45) is 7.71. The van der Waals surface area contributed by atoms with Gasteiger partial charge in [0, 0.05) is 28.9 Å². The molecule has 27 heavy (non-hydrogen) atoms. The van der Waals surface area contributed by atoms with E-state index in [2.05, 4.69) is 36.9 Å². The number of fused-ring (bicyclic) bond motifs is 3. The molecule has 3 rings (SSSR count). The third-order valence-corrected chi connectivity index (χ3v) is 5.42. The third-order valence-electron chi connectivity index (χ3n) is 5.42. The fraction of sp³-hybridized carbons (Fsp3) is 0.435. The van der Waals surface area contributed by atoms with Crippen LogP contribution >= 0.6 is 0 Å². The summed E-state index contributed by atoms with van der Waals surface area (Å²) in [7, 11) is 0. The van der Waals surface area contributed by atoms with Crippen LogP contribution in [0.5, 0.6) is 0 Å². The van der Waals surface area contributed by atoms with Gasteiger partial charge in [0.1, 0.15) is 5.82 Å². The first-order valence-corrected chi connectivity index (χ1v) is 9.64. The maximum atomic E-state index is 14.0. The van der Waals surface area contributed by atoms with E-state index in [-0.39, 0.29) is 11.2 Å². The van der Waals surface area contributed by atoms with Crippen molar-refractivity contribution in [2.75, 3.05) is 0 Å². The molecule has 0 fully saturated rings. The molecule has 1 aromatic carbocycles. The van der Waals surface area contributed by atoms with E-state index in [9.17, 15) is 4.39 Å². The standard InChI is InChI=1S/C23H28FN3/c1-16-13-23(3,4)14-21-22(16)19-10-9-18(24)12-20(19)27(21)11-7-5-6-8-17(2)26-15-25/h9-10,12,26H,1-2,5-8,11,13-14H2,3-4H3. The van der Waals surface area contributed by atoms with Gasteiger partial charge >= 0.3 is 0 Å². The van der Waals surface area contributed by atoms with Crippen LogP contribution in [0.1, 0.15) is 57.2 Å². The molecular formula is C23H28FN3. The Balaban J connectivity index is 1.82. The quantitative estimate of drug-likeness (QED) is 0.376. The van der Waals surface area contributed by atoms with E-state index in [1.165, 1.54) is 11.3 Å². The van der Waals surface area contributed by atoms with Crippen LogP contribution in [0.15, 0.2) is 37.1 Å². The Morgan fingerprint density at radius 2 is 2.07 bits per heavy atom. The number of nitrogens with one attached hydrogen (secondary N) is 1. The van der Waals surface area contributed by atoms with Crippen molar-refractivity contribution in [3.63, 3.8) is 0 Å². The average Bonchev–Trinajstić information content (AvgIpc) is 2.86. The number of allylic oxidation sites excluding steroid dienone is 2. The highest BCUT2D eigenvalue weighted by Gasteiger charge is 2.32. The van der Waals surface area contributed by atoms with Gasteiger partial charge in [0.25, 0.3) is 0 Å². The van der Waals surface area contributed by atoms with E-state index in [1.54, 1.807) is 12.1 Å². The number of hydrogen-bond donors (Lipinski definition) is 1. The summed E-state index contributed by atoms with van der Waals surface area (Å²) in [5.41, 5.74) is 5.62. The second-order valence-corrected chi connectivity index (χ2v) is 8.41. The highest BCUT2D eigenvalue weighted by atomic mass is 19.1. The molecule has 142 valence electrons. The van der Waals surface area contributed by atoms with Crippen LogP contribution < -0.4 is 5.32 Å². The van der Waals surface area contributed by atoms with Gasteiger partial charge in [-0.05, 0) is 61.3 Å². The number of aryl methyl sites for hydroxylation is 1. The Morgan fingerprint density at radius 3 is 2.81 bits per heavy atom. The zero-order chi connectivity index (χ0) is 19.6. The molecule has 1 N–H and O–H groups in total. The minimum atomic E-state index is -0.192. The van der Waals surface area contributed by atoms with Crippen molar-refractivity contribution in [3.05, 3.63) is 54.1 Å². The van der Waals surface area contributed by atoms with Gasteiger partial charge in [0.05, 0.1) is 5.52 Å². The van der Waals surface area contributed by atoms with Gasteiger partial charge in [-0.15, -0.1) is 0 Å². The van der Waals surface area contributed by atoms with E-state index in [4.69, 9.17) is 5.26 Å². The van der Waals surface area contributed by atoms with Crippen molar-refractivity contribution in [1.29, 1.82) is 5.26 Å². The number of aromatic nitrogens is 1. The lowest BCUT2D eigenvalue weighted by molar-refractivity contribution is 0.354. The molecular weight excluding hydrogens is 337 g/mol. The fourth-order valence-electron chi connectivity index (χ4n) is 4.32. The first kappa shape index (κ1) is 19.2. The number of benzene rings is 1. The fourth-order valence-corrected chi connectivity index (χ4v) is 4.32. The summed E-state index contributed by atoms with van der Waals surface area (Å²) in [6, 6.07) is 5.11. The normalized spacial score (nSPS) is 15.4. The Morgan fingerprint density at radius 1 is 1.30 bits per heavy atom. The van der Waals surface area contributed by atoms with Gasteiger partial charge in [0.15, 0.2) is 6.19 Å². The highest BCUT2D eigenvalue weighted by Crippen LogP contribution is 2.45. The monoisotopic (exact) mass is 365 g/mol. The summed E-state index contributed by atoms with van der Waals surface area (Å²) >= 11 is 0. The number of nitrogens with zero attached hydrogens (tertiary/aromatic N) is 2. The van der Waals surface area contributed by atoms with Gasteiger partial charge in [0.2, 0.25) is 0 Å². The largest absolute Gasteiger partial charge is 0.344 e. The molecule has 1 aliphatic rings. The van der Waals surface area contributed by atoms with Gasteiger partial charge in [-0.3, -0.25) is 5.32 Å². The lowest BCUT2D eigenvalue weighted by atomic mass is 9.74. The number of unbranched alkanes of at least 4 members (excludes halogenated alkanes) is 2. The minimum absolute atomic E-state index is 0.176. The van der Waals surface area contributed by atoms with Gasteiger partial charge < -0.3 is 4.57 Å². The zero-order valence-electron chi connectivity index (χ0n) is 16.4. The molecule has 0 saturated carbocycles. The van der Waals surface area contributed by atoms with E-state index >= 15 is 0 Å². The van der Waals surface area contributed by atoms with Gasteiger partial charge in [-0.2, -0.15) is 5.26 Å². The zero-order valence-corrected chi connectivity index (χ0v) is 16.4. The predicted molar refractivity (Wildman–Crippen MR) is 109 cm³/mol. The van der Waals surface area contributed by atoms with E-state index in [0.29, 0.717) is 0 Å². The molecule has 1 aromatic heterocycles. The second-order valence-electron chi connectivity index (χ2n) is 8.41. The molecule has 0 spiro atoms. The maximum Gasteiger partial charge on any atom is 0.181 e. The van der Waals surface area contributed by atoms with E-state index in [1.807, 2.05) is 12.3 Å². The topological polar surface area (TPSA) is 40.8 Å². The third kappa shape index (κ3) is 4.08. The Bertz CT molecular complexity index is 927. The average molecular weight is 365 g/mol. The predicted octanol–water partition coefficient (Wildman–Crippen LogP) is 5.91. The van der Waals surface area contributed by atoms with Crippen molar-refractivity contribution in [2.45, 2.75) is 58.9 Å². The van der Waals surface area contributed by atoms with Crippen molar-refractivity contribution in [1.82, 2.24) is 9.88 Å². The van der Waals surface area contributed by atoms with Crippen LogP contribution in [0.25, 0.3) is 16.5 Å². The second kappa shape index (κ2) is 7.60. The molecule has 0 unspecified atom stereocenters. The molecule has 0 amide bonds. The summed E-state index contributed by atoms with van der Waals surface area (Å²) < 4.78 is 16.3. The molecule has 3 nitrogen and oxygen atoms in total. The van der Waals surface area contributed by atoms with Crippen LogP contribution in [0.3, 0.4) is 0 Å². The molecule has 0 atom stereocenters. The Kier molecular flexibility index (Phi) is 5.41. The molecule has 2 aromatic rings. The highest BCUT2D eigenvalue weighted by molar-refractivity contribution is 5.95. The van der Waals surface area contributed by atoms with E-state index < -0.39 is 0 Å². The summed E-state index contributed by atoms with van der Waals surface area (Å²) in [6.45, 7) is 13.6. The lowest BCUT2D eigenvalue weighted by Crippen LogP contribution is -2.23. The van der Waals surface area contributed by atoms with Crippen LogP contribution in [-0.4, -0.2) is 4.57 Å². The maximum absolute atomic E-state index is 14.0. The first-order valence-electron chi connectivity index (χ1n) is 9.64. The first-order chi connectivity index (χ1) is 12.8. The number of halogens is 1. The van der Waals surface area contributed by atoms with Crippen molar-refractivity contribution < 1.29 is 4.39 Å².